The second-order valence-corrected chi connectivity index (χ2v) is 11.8. The van der Waals surface area contributed by atoms with E-state index in [0.717, 1.165) is 53.8 Å². The molecule has 206 valence electrons. The van der Waals surface area contributed by atoms with Crippen LogP contribution in [0.5, 0.6) is 5.75 Å². The van der Waals surface area contributed by atoms with E-state index in [4.69, 9.17) is 36.9 Å². The van der Waals surface area contributed by atoms with Gasteiger partial charge in [0.15, 0.2) is 0 Å². The highest BCUT2D eigenvalue weighted by Gasteiger charge is 2.44. The quantitative estimate of drug-likeness (QED) is 0.203. The maximum atomic E-state index is 11.4. The summed E-state index contributed by atoms with van der Waals surface area (Å²) in [7, 11) is 0. The molecule has 1 N–H and O–H groups in total. The molecule has 2 bridgehead atoms. The molecule has 0 spiro atoms. The van der Waals surface area contributed by atoms with Gasteiger partial charge < -0.3 is 23.7 Å². The maximum absolute atomic E-state index is 11.4. The Morgan fingerprint density at radius 1 is 0.976 bits per heavy atom. The first kappa shape index (κ1) is 24.8. The molecule has 2 atom stereocenters. The van der Waals surface area contributed by atoms with Crippen molar-refractivity contribution in [1.82, 2.24) is 5.16 Å². The molecule has 2 aliphatic heterocycles. The van der Waals surface area contributed by atoms with Gasteiger partial charge in [0.05, 0.1) is 27.7 Å². The van der Waals surface area contributed by atoms with Gasteiger partial charge in [-0.1, -0.05) is 40.5 Å². The number of halogens is 2. The van der Waals surface area contributed by atoms with Crippen molar-refractivity contribution in [3.8, 4) is 17.0 Å². The van der Waals surface area contributed by atoms with Crippen LogP contribution in [0.25, 0.3) is 22.2 Å². The molecule has 1 saturated carbocycles. The average molecular weight is 587 g/mol. The van der Waals surface area contributed by atoms with E-state index in [1.807, 2.05) is 30.3 Å². The summed E-state index contributed by atoms with van der Waals surface area (Å²) in [5.41, 5.74) is 6.38. The van der Waals surface area contributed by atoms with E-state index in [0.29, 0.717) is 39.4 Å². The number of hydrogen-bond donors (Lipinski definition) is 1. The summed E-state index contributed by atoms with van der Waals surface area (Å²) in [5.74, 6) is 0.861. The van der Waals surface area contributed by atoms with Crippen LogP contribution in [-0.2, 0) is 6.61 Å². The Bertz CT molecular complexity index is 1840. The molecule has 0 radical (unpaired) electrons. The van der Waals surface area contributed by atoms with Crippen LogP contribution in [0.1, 0.15) is 76.7 Å². The fourth-order valence-corrected chi connectivity index (χ4v) is 7.09. The van der Waals surface area contributed by atoms with Crippen LogP contribution in [0.15, 0.2) is 69.6 Å². The van der Waals surface area contributed by atoms with E-state index in [-0.39, 0.29) is 17.8 Å². The predicted molar refractivity (Wildman–Crippen MR) is 155 cm³/mol. The van der Waals surface area contributed by atoms with Crippen LogP contribution in [0.2, 0.25) is 10.0 Å². The van der Waals surface area contributed by atoms with Crippen molar-refractivity contribution in [3.63, 3.8) is 0 Å². The van der Waals surface area contributed by atoms with E-state index >= 15 is 0 Å². The number of ether oxygens (including phenoxy) is 1. The number of rotatable bonds is 7. The number of benzene rings is 3. The molecule has 1 aliphatic carbocycles. The minimum absolute atomic E-state index is 0.0516. The Hall–Kier alpha value is -3.94. The molecule has 1 saturated heterocycles. The normalized spacial score (nSPS) is 19.2. The third kappa shape index (κ3) is 4.02. The third-order valence-electron chi connectivity index (χ3n) is 8.52. The van der Waals surface area contributed by atoms with Gasteiger partial charge >= 0.3 is 5.97 Å². The topological polar surface area (TPSA) is 88.9 Å². The van der Waals surface area contributed by atoms with Crippen molar-refractivity contribution in [3.05, 3.63) is 98.9 Å². The summed E-state index contributed by atoms with van der Waals surface area (Å²) in [6.07, 6.45) is 4.24. The van der Waals surface area contributed by atoms with Gasteiger partial charge in [-0.15, -0.1) is 0 Å². The van der Waals surface area contributed by atoms with Gasteiger partial charge in [-0.3, -0.25) is 0 Å². The lowest BCUT2D eigenvalue weighted by molar-refractivity contribution is 0.0665. The largest absolute Gasteiger partial charge is 0.489 e. The lowest BCUT2D eigenvalue weighted by Gasteiger charge is -2.25. The van der Waals surface area contributed by atoms with Gasteiger partial charge in [0.2, 0.25) is 5.76 Å². The van der Waals surface area contributed by atoms with Crippen LogP contribution in [-0.4, -0.2) is 16.2 Å². The number of nitrogens with zero attached hydrogens (tertiary/aromatic N) is 2. The molecule has 7 nitrogen and oxygen atoms in total. The Kier molecular flexibility index (Phi) is 5.63. The lowest BCUT2D eigenvalue weighted by Crippen LogP contribution is -2.18. The Balaban J connectivity index is 1.08. The number of carboxylic acid groups (broad SMARTS) is 1. The average Bonchev–Trinajstić information content (AvgIpc) is 3.30. The molecule has 2 fully saturated rings. The van der Waals surface area contributed by atoms with E-state index in [9.17, 15) is 9.90 Å². The van der Waals surface area contributed by atoms with Crippen LogP contribution in [0.3, 0.4) is 0 Å². The fourth-order valence-electron chi connectivity index (χ4n) is 6.52. The molecule has 3 aliphatic rings. The van der Waals surface area contributed by atoms with Gasteiger partial charge in [-0.25, -0.2) is 4.79 Å². The number of anilines is 1. The number of carboxylic acids is 1. The molecule has 5 aromatic rings. The minimum atomic E-state index is -1.07. The maximum Gasteiger partial charge on any atom is 0.371 e. The van der Waals surface area contributed by atoms with Gasteiger partial charge in [-0.2, -0.15) is 0 Å². The van der Waals surface area contributed by atoms with Gasteiger partial charge in [-0.05, 0) is 85.3 Å². The fraction of sp³-hybridized carbons (Fsp3) is 0.250. The summed E-state index contributed by atoms with van der Waals surface area (Å²) in [6, 6.07) is 19.7. The standard InChI is InChI=1S/C32H24Cl2N2O5/c33-23-2-1-3-24(34)29(23)30-22(31(41-35-30)16-4-5-16)15-39-19-7-8-20-21(14-19)26-10-9-25(20)36(26)18-6-11-27-17(12-18)13-28(40-27)32(37)38/h1-3,6-8,11-14,16,25-26H,4-5,9-10,15H2,(H,37,38). The number of furan rings is 1. The van der Waals surface area contributed by atoms with Crippen LogP contribution in [0.4, 0.5) is 5.69 Å². The Morgan fingerprint density at radius 2 is 1.76 bits per heavy atom. The Labute approximate surface area is 245 Å². The number of fused-ring (bicyclic) bond motifs is 6. The highest BCUT2D eigenvalue weighted by molar-refractivity contribution is 6.39. The molecule has 0 amide bonds. The van der Waals surface area contributed by atoms with Crippen molar-refractivity contribution < 1.29 is 23.6 Å². The van der Waals surface area contributed by atoms with E-state index < -0.39 is 5.97 Å². The minimum Gasteiger partial charge on any atom is -0.489 e. The van der Waals surface area contributed by atoms with Crippen LogP contribution in [0, 0.1) is 0 Å². The van der Waals surface area contributed by atoms with E-state index in [2.05, 4.69) is 22.2 Å². The van der Waals surface area contributed by atoms with Crippen LogP contribution < -0.4 is 9.64 Å². The smallest absolute Gasteiger partial charge is 0.371 e. The molecule has 2 unspecified atom stereocenters. The summed E-state index contributed by atoms with van der Waals surface area (Å²) >= 11 is 13.1. The third-order valence-corrected chi connectivity index (χ3v) is 9.15. The number of aromatic nitrogens is 1. The first-order valence-corrected chi connectivity index (χ1v) is 14.5. The molecule has 3 aromatic carbocycles. The monoisotopic (exact) mass is 586 g/mol. The molecule has 4 heterocycles. The van der Waals surface area contributed by atoms with Crippen LogP contribution >= 0.6 is 23.2 Å². The summed E-state index contributed by atoms with van der Waals surface area (Å²) < 4.78 is 17.7. The highest BCUT2D eigenvalue weighted by Crippen LogP contribution is 2.56. The highest BCUT2D eigenvalue weighted by atomic mass is 35.5. The summed E-state index contributed by atoms with van der Waals surface area (Å²) in [4.78, 5) is 13.8. The van der Waals surface area contributed by atoms with Gasteiger partial charge in [0.25, 0.3) is 0 Å². The zero-order chi connectivity index (χ0) is 27.8. The van der Waals surface area contributed by atoms with E-state index in [1.165, 1.54) is 11.1 Å². The molecular formula is C32H24Cl2N2O5. The molecule has 2 aromatic heterocycles. The predicted octanol–water partition coefficient (Wildman–Crippen LogP) is 8.95. The number of carbonyl (C=O) groups is 1. The second kappa shape index (κ2) is 9.29. The SMILES string of the molecule is O=C(O)c1cc2cc(N3C4CCC3c3cc(OCc5c(-c6c(Cl)cccc6Cl)noc5C5CC5)ccc34)ccc2o1. The first-order chi connectivity index (χ1) is 20.0. The van der Waals surface area contributed by atoms with Crippen molar-refractivity contribution in [2.24, 2.45) is 0 Å². The first-order valence-electron chi connectivity index (χ1n) is 13.7. The van der Waals surface area contributed by atoms with Crippen molar-refractivity contribution in [1.29, 1.82) is 0 Å². The zero-order valence-corrected chi connectivity index (χ0v) is 23.3. The Morgan fingerprint density at radius 3 is 2.51 bits per heavy atom. The molecule has 41 heavy (non-hydrogen) atoms. The summed E-state index contributed by atoms with van der Waals surface area (Å²) in [5, 5.41) is 15.5. The lowest BCUT2D eigenvalue weighted by atomic mass is 9.92. The van der Waals surface area contributed by atoms with Gasteiger partial charge in [0.1, 0.15) is 29.4 Å². The second-order valence-electron chi connectivity index (χ2n) is 11.0. The zero-order valence-electron chi connectivity index (χ0n) is 21.8. The molecular weight excluding hydrogens is 563 g/mol. The number of hydrogen-bond acceptors (Lipinski definition) is 6. The van der Waals surface area contributed by atoms with Crippen molar-refractivity contribution >= 4 is 45.8 Å². The van der Waals surface area contributed by atoms with Gasteiger partial charge in [0, 0.05) is 22.6 Å². The number of aromatic carboxylic acids is 1. The molecule has 9 heteroatoms. The molecule has 8 rings (SSSR count). The van der Waals surface area contributed by atoms with Crippen molar-refractivity contribution in [2.75, 3.05) is 4.90 Å². The summed E-state index contributed by atoms with van der Waals surface area (Å²) in [6.45, 7) is 0.298. The van der Waals surface area contributed by atoms with E-state index in [1.54, 1.807) is 18.2 Å². The van der Waals surface area contributed by atoms with Crippen molar-refractivity contribution in [2.45, 2.75) is 50.3 Å².